The number of carbonyl (C=O) groups excluding carboxylic acids is 1. The number of amides is 1. The van der Waals surface area contributed by atoms with Crippen LogP contribution < -0.4 is 14.8 Å². The van der Waals surface area contributed by atoms with Crippen molar-refractivity contribution in [1.82, 2.24) is 10.5 Å². The number of rotatable bonds is 6. The Morgan fingerprint density at radius 3 is 2.67 bits per heavy atom. The van der Waals surface area contributed by atoms with Crippen molar-refractivity contribution in [3.05, 3.63) is 70.6 Å². The molecule has 0 unspecified atom stereocenters. The van der Waals surface area contributed by atoms with E-state index in [9.17, 15) is 4.79 Å². The minimum atomic E-state index is -0.172. The number of ether oxygens (including phenoxy) is 2. The lowest BCUT2D eigenvalue weighted by Gasteiger charge is -2.21. The first kappa shape index (κ1) is 20.3. The second kappa shape index (κ2) is 8.83. The highest BCUT2D eigenvalue weighted by atomic mass is 32.2. The predicted octanol–water partition coefficient (Wildman–Crippen LogP) is 4.85. The molecule has 156 valence electrons. The van der Waals surface area contributed by atoms with E-state index in [-0.39, 0.29) is 11.9 Å². The van der Waals surface area contributed by atoms with E-state index in [1.54, 1.807) is 11.8 Å². The van der Waals surface area contributed by atoms with Crippen molar-refractivity contribution in [2.45, 2.75) is 37.5 Å². The van der Waals surface area contributed by atoms with E-state index in [0.29, 0.717) is 24.5 Å². The molecule has 0 bridgehead atoms. The number of carbonyl (C=O) groups is 1. The fourth-order valence-electron chi connectivity index (χ4n) is 3.32. The van der Waals surface area contributed by atoms with Crippen LogP contribution in [-0.2, 0) is 5.75 Å². The van der Waals surface area contributed by atoms with E-state index in [4.69, 9.17) is 14.0 Å². The van der Waals surface area contributed by atoms with E-state index in [1.165, 1.54) is 0 Å². The quantitative estimate of drug-likeness (QED) is 0.571. The molecule has 30 heavy (non-hydrogen) atoms. The second-order valence-electron chi connectivity index (χ2n) is 7.19. The van der Waals surface area contributed by atoms with Crippen LogP contribution in [0.1, 0.15) is 45.9 Å². The molecule has 2 heterocycles. The van der Waals surface area contributed by atoms with Crippen LogP contribution in [0.3, 0.4) is 0 Å². The van der Waals surface area contributed by atoms with Gasteiger partial charge in [-0.05, 0) is 50.6 Å². The number of thioether (sulfide) groups is 1. The number of hydrogen-bond donors (Lipinski definition) is 1. The fraction of sp³-hybridized carbons (Fsp3) is 0.304. The minimum absolute atomic E-state index is 0.112. The van der Waals surface area contributed by atoms with Crippen molar-refractivity contribution < 1.29 is 18.8 Å². The van der Waals surface area contributed by atoms with Gasteiger partial charge in [-0.25, -0.2) is 0 Å². The molecule has 3 aromatic rings. The van der Waals surface area contributed by atoms with E-state index in [0.717, 1.165) is 39.0 Å². The molecule has 0 fully saturated rings. The normalized spacial score (nSPS) is 13.7. The van der Waals surface area contributed by atoms with Crippen LogP contribution in [0.15, 0.2) is 51.9 Å². The highest BCUT2D eigenvalue weighted by Gasteiger charge is 2.19. The third-order valence-corrected chi connectivity index (χ3v) is 6.20. The average molecular weight is 425 g/mol. The van der Waals surface area contributed by atoms with Crippen LogP contribution >= 0.6 is 11.8 Å². The molecule has 0 saturated carbocycles. The van der Waals surface area contributed by atoms with Gasteiger partial charge in [-0.2, -0.15) is 0 Å². The Hall–Kier alpha value is -2.93. The number of nitrogens with one attached hydrogen (secondary N) is 1. The Balaban J connectivity index is 1.47. The maximum Gasteiger partial charge on any atom is 0.252 e. The van der Waals surface area contributed by atoms with Gasteiger partial charge in [-0.3, -0.25) is 4.79 Å². The van der Waals surface area contributed by atoms with Gasteiger partial charge in [-0.1, -0.05) is 23.4 Å². The SMILES string of the molecule is Cc1noc(C)c1CSc1ccccc1C(=O)N[C@H](C)c1ccc2c(c1)OCCO2. The van der Waals surface area contributed by atoms with Crippen LogP contribution in [0.4, 0.5) is 0 Å². The molecular weight excluding hydrogens is 400 g/mol. The molecule has 1 aromatic heterocycles. The van der Waals surface area contributed by atoms with Crippen LogP contribution in [0.5, 0.6) is 11.5 Å². The molecule has 0 saturated heterocycles. The second-order valence-corrected chi connectivity index (χ2v) is 8.20. The molecule has 0 spiro atoms. The van der Waals surface area contributed by atoms with Gasteiger partial charge < -0.3 is 19.3 Å². The molecule has 0 aliphatic carbocycles. The average Bonchev–Trinajstić information content (AvgIpc) is 3.09. The van der Waals surface area contributed by atoms with Crippen LogP contribution in [0, 0.1) is 13.8 Å². The summed E-state index contributed by atoms with van der Waals surface area (Å²) in [6, 6.07) is 13.2. The van der Waals surface area contributed by atoms with Gasteiger partial charge >= 0.3 is 0 Å². The van der Waals surface area contributed by atoms with Gasteiger partial charge in [0.2, 0.25) is 0 Å². The topological polar surface area (TPSA) is 73.6 Å². The molecule has 1 N–H and O–H groups in total. The maximum atomic E-state index is 13.0. The summed E-state index contributed by atoms with van der Waals surface area (Å²) in [4.78, 5) is 13.9. The number of hydrogen-bond acceptors (Lipinski definition) is 6. The van der Waals surface area contributed by atoms with Crippen molar-refractivity contribution in [2.75, 3.05) is 13.2 Å². The summed E-state index contributed by atoms with van der Waals surface area (Å²) < 4.78 is 16.5. The lowest BCUT2D eigenvalue weighted by atomic mass is 10.1. The summed E-state index contributed by atoms with van der Waals surface area (Å²) in [6.45, 7) is 6.89. The van der Waals surface area contributed by atoms with Gasteiger partial charge in [0.05, 0.1) is 17.3 Å². The molecule has 0 radical (unpaired) electrons. The lowest BCUT2D eigenvalue weighted by molar-refractivity contribution is 0.0936. The number of aryl methyl sites for hydroxylation is 2. The van der Waals surface area contributed by atoms with Crippen molar-refractivity contribution >= 4 is 17.7 Å². The Kier molecular flexibility index (Phi) is 5.99. The largest absolute Gasteiger partial charge is 0.486 e. The van der Waals surface area contributed by atoms with E-state index < -0.39 is 0 Å². The third kappa shape index (κ3) is 4.31. The first-order valence-corrected chi connectivity index (χ1v) is 10.9. The maximum absolute atomic E-state index is 13.0. The van der Waals surface area contributed by atoms with Crippen LogP contribution in [0.2, 0.25) is 0 Å². The van der Waals surface area contributed by atoms with Crippen molar-refractivity contribution in [2.24, 2.45) is 0 Å². The Morgan fingerprint density at radius 1 is 1.13 bits per heavy atom. The highest BCUT2D eigenvalue weighted by molar-refractivity contribution is 7.98. The summed E-state index contributed by atoms with van der Waals surface area (Å²) in [5.74, 6) is 2.86. The summed E-state index contributed by atoms with van der Waals surface area (Å²) >= 11 is 1.61. The molecule has 4 rings (SSSR count). The minimum Gasteiger partial charge on any atom is -0.486 e. The molecule has 6 nitrogen and oxygen atoms in total. The summed E-state index contributed by atoms with van der Waals surface area (Å²) in [5.41, 5.74) is 3.57. The Bertz CT molecular complexity index is 1040. The van der Waals surface area contributed by atoms with Crippen molar-refractivity contribution in [3.63, 3.8) is 0 Å². The molecule has 2 aromatic carbocycles. The zero-order valence-corrected chi connectivity index (χ0v) is 18.0. The van der Waals surface area contributed by atoms with Gasteiger partial charge in [0.15, 0.2) is 11.5 Å². The highest BCUT2D eigenvalue weighted by Crippen LogP contribution is 2.33. The van der Waals surface area contributed by atoms with E-state index >= 15 is 0 Å². The van der Waals surface area contributed by atoms with Crippen LogP contribution in [0.25, 0.3) is 0 Å². The number of benzene rings is 2. The lowest BCUT2D eigenvalue weighted by Crippen LogP contribution is -2.27. The monoisotopic (exact) mass is 424 g/mol. The van der Waals surface area contributed by atoms with Crippen LogP contribution in [-0.4, -0.2) is 24.3 Å². The zero-order chi connectivity index (χ0) is 21.1. The number of aromatic nitrogens is 1. The number of nitrogens with zero attached hydrogens (tertiary/aromatic N) is 1. The summed E-state index contributed by atoms with van der Waals surface area (Å²) in [7, 11) is 0. The smallest absolute Gasteiger partial charge is 0.252 e. The first-order valence-electron chi connectivity index (χ1n) is 9.87. The molecular formula is C23H24N2O4S. The van der Waals surface area contributed by atoms with Crippen molar-refractivity contribution in [3.8, 4) is 11.5 Å². The van der Waals surface area contributed by atoms with Gasteiger partial charge in [0.25, 0.3) is 5.91 Å². The molecule has 1 atom stereocenters. The number of fused-ring (bicyclic) bond motifs is 1. The standard InChI is InChI=1S/C23H24N2O4S/c1-14(17-8-9-20-21(12-17)28-11-10-27-20)24-23(26)18-6-4-5-7-22(18)30-13-19-15(2)25-29-16(19)3/h4-9,12,14H,10-11,13H2,1-3H3,(H,24,26)/t14-/m1/s1. The molecule has 1 aliphatic rings. The molecule has 1 aliphatic heterocycles. The molecule has 7 heteroatoms. The Morgan fingerprint density at radius 2 is 1.90 bits per heavy atom. The summed E-state index contributed by atoms with van der Waals surface area (Å²) in [6.07, 6.45) is 0. The summed E-state index contributed by atoms with van der Waals surface area (Å²) in [5, 5.41) is 7.10. The van der Waals surface area contributed by atoms with E-state index in [1.807, 2.05) is 63.2 Å². The van der Waals surface area contributed by atoms with Gasteiger partial charge in [0, 0.05) is 16.2 Å². The van der Waals surface area contributed by atoms with Gasteiger partial charge in [0.1, 0.15) is 19.0 Å². The predicted molar refractivity (Wildman–Crippen MR) is 115 cm³/mol. The van der Waals surface area contributed by atoms with E-state index in [2.05, 4.69) is 10.5 Å². The third-order valence-electron chi connectivity index (χ3n) is 5.10. The fourth-order valence-corrected chi connectivity index (χ4v) is 4.53. The van der Waals surface area contributed by atoms with Gasteiger partial charge in [-0.15, -0.1) is 11.8 Å². The Labute approximate surface area is 179 Å². The van der Waals surface area contributed by atoms with Crippen molar-refractivity contribution in [1.29, 1.82) is 0 Å². The first-order chi connectivity index (χ1) is 14.5. The molecule has 1 amide bonds. The zero-order valence-electron chi connectivity index (χ0n) is 17.2.